The van der Waals surface area contributed by atoms with Gasteiger partial charge in [-0.05, 0) is 36.8 Å². The molecule has 3 rings (SSSR count). The van der Waals surface area contributed by atoms with Crippen LogP contribution < -0.4 is 11.1 Å². The van der Waals surface area contributed by atoms with Crippen LogP contribution in [0.2, 0.25) is 0 Å². The second kappa shape index (κ2) is 5.99. The summed E-state index contributed by atoms with van der Waals surface area (Å²) in [6.07, 6.45) is 0.313. The smallest absolute Gasteiger partial charge is 0.251 e. The van der Waals surface area contributed by atoms with Crippen LogP contribution >= 0.6 is 0 Å². The first-order valence-electron chi connectivity index (χ1n) is 7.22. The summed E-state index contributed by atoms with van der Waals surface area (Å²) in [5, 5.41) is 2.51. The first kappa shape index (κ1) is 16.0. The van der Waals surface area contributed by atoms with Crippen LogP contribution in [0.4, 0.5) is 18.9 Å². The molecule has 0 saturated heterocycles. The van der Waals surface area contributed by atoms with E-state index in [0.717, 1.165) is 24.3 Å². The van der Waals surface area contributed by atoms with Gasteiger partial charge in [0.25, 0.3) is 5.91 Å². The molecule has 1 aliphatic carbocycles. The summed E-state index contributed by atoms with van der Waals surface area (Å²) >= 11 is 0. The Morgan fingerprint density at radius 3 is 2.33 bits per heavy atom. The lowest BCUT2D eigenvalue weighted by atomic mass is 10.1. The molecule has 4 nitrogen and oxygen atoms in total. The molecule has 7 heteroatoms. The van der Waals surface area contributed by atoms with Crippen molar-refractivity contribution in [2.75, 3.05) is 5.32 Å². The van der Waals surface area contributed by atoms with Gasteiger partial charge in [-0.25, -0.2) is 13.2 Å². The lowest BCUT2D eigenvalue weighted by Gasteiger charge is -2.08. The van der Waals surface area contributed by atoms with Gasteiger partial charge in [-0.1, -0.05) is 6.07 Å². The second-order valence-corrected chi connectivity index (χ2v) is 5.63. The second-order valence-electron chi connectivity index (χ2n) is 5.63. The molecular weight excluding hydrogens is 321 g/mol. The van der Waals surface area contributed by atoms with E-state index in [2.05, 4.69) is 5.32 Å². The Balaban J connectivity index is 1.74. The Hall–Kier alpha value is -2.83. The van der Waals surface area contributed by atoms with E-state index in [0.29, 0.717) is 6.42 Å². The fraction of sp³-hybridized carbons (Fsp3) is 0.176. The number of carbonyl (C=O) groups excluding carboxylic acids is 2. The first-order chi connectivity index (χ1) is 11.4. The van der Waals surface area contributed by atoms with E-state index in [9.17, 15) is 22.8 Å². The van der Waals surface area contributed by atoms with Gasteiger partial charge in [0.05, 0.1) is 5.56 Å². The molecule has 1 fully saturated rings. The van der Waals surface area contributed by atoms with E-state index in [-0.39, 0.29) is 16.8 Å². The van der Waals surface area contributed by atoms with Crippen molar-refractivity contribution < 1.29 is 22.8 Å². The van der Waals surface area contributed by atoms with Crippen LogP contribution in [-0.2, 0) is 4.79 Å². The van der Waals surface area contributed by atoms with Crippen LogP contribution in [0.15, 0.2) is 36.4 Å². The zero-order valence-corrected chi connectivity index (χ0v) is 12.4. The van der Waals surface area contributed by atoms with E-state index in [1.165, 1.54) is 12.1 Å². The maximum absolute atomic E-state index is 13.7. The molecule has 0 unspecified atom stereocenters. The van der Waals surface area contributed by atoms with Crippen LogP contribution in [0.5, 0.6) is 0 Å². The minimum Gasteiger partial charge on any atom is -0.366 e. The number of carbonyl (C=O) groups is 2. The van der Waals surface area contributed by atoms with Crippen molar-refractivity contribution in [2.24, 2.45) is 11.7 Å². The predicted molar refractivity (Wildman–Crippen MR) is 80.8 cm³/mol. The summed E-state index contributed by atoms with van der Waals surface area (Å²) in [4.78, 5) is 23.3. The third kappa shape index (κ3) is 2.97. The zero-order chi connectivity index (χ0) is 17.4. The number of amides is 2. The number of halogens is 3. The first-order valence-corrected chi connectivity index (χ1v) is 7.22. The van der Waals surface area contributed by atoms with E-state index in [4.69, 9.17) is 5.73 Å². The molecule has 2 aromatic rings. The Morgan fingerprint density at radius 2 is 1.71 bits per heavy atom. The topological polar surface area (TPSA) is 72.2 Å². The van der Waals surface area contributed by atoms with Gasteiger partial charge in [0.2, 0.25) is 5.91 Å². The highest BCUT2D eigenvalue weighted by Gasteiger charge is 2.46. The molecule has 124 valence electrons. The molecule has 2 aromatic carbocycles. The molecule has 1 saturated carbocycles. The molecule has 3 N–H and O–H groups in total. The van der Waals surface area contributed by atoms with Gasteiger partial charge in [0.1, 0.15) is 17.5 Å². The summed E-state index contributed by atoms with van der Waals surface area (Å²) in [5.41, 5.74) is 4.78. The average Bonchev–Trinajstić information content (AvgIpc) is 3.29. The highest BCUT2D eigenvalue weighted by atomic mass is 19.1. The van der Waals surface area contributed by atoms with Crippen LogP contribution in [0.1, 0.15) is 28.3 Å². The van der Waals surface area contributed by atoms with Gasteiger partial charge in [0, 0.05) is 23.1 Å². The number of hydrogen-bond acceptors (Lipinski definition) is 2. The molecule has 0 spiro atoms. The van der Waals surface area contributed by atoms with E-state index < -0.39 is 41.1 Å². The van der Waals surface area contributed by atoms with Crippen LogP contribution in [0.25, 0.3) is 0 Å². The van der Waals surface area contributed by atoms with E-state index in [1.807, 2.05) is 0 Å². The van der Waals surface area contributed by atoms with Crippen molar-refractivity contribution in [3.63, 3.8) is 0 Å². The fourth-order valence-corrected chi connectivity index (χ4v) is 2.70. The van der Waals surface area contributed by atoms with Crippen molar-refractivity contribution in [3.05, 3.63) is 65.0 Å². The average molecular weight is 334 g/mol. The van der Waals surface area contributed by atoms with Gasteiger partial charge >= 0.3 is 0 Å². The maximum Gasteiger partial charge on any atom is 0.251 e. The summed E-state index contributed by atoms with van der Waals surface area (Å²) in [7, 11) is 0. The Labute approximate surface area is 135 Å². The van der Waals surface area contributed by atoms with Crippen LogP contribution in [0.3, 0.4) is 0 Å². The van der Waals surface area contributed by atoms with Crippen molar-refractivity contribution in [2.45, 2.75) is 12.3 Å². The molecule has 0 bridgehead atoms. The number of anilines is 1. The third-order valence-electron chi connectivity index (χ3n) is 4.00. The zero-order valence-electron chi connectivity index (χ0n) is 12.4. The van der Waals surface area contributed by atoms with Crippen molar-refractivity contribution in [1.82, 2.24) is 0 Å². The van der Waals surface area contributed by atoms with Gasteiger partial charge in [-0.3, -0.25) is 9.59 Å². The van der Waals surface area contributed by atoms with Gasteiger partial charge < -0.3 is 11.1 Å². The van der Waals surface area contributed by atoms with Gasteiger partial charge in [-0.2, -0.15) is 0 Å². The van der Waals surface area contributed by atoms with E-state index >= 15 is 0 Å². The van der Waals surface area contributed by atoms with Crippen molar-refractivity contribution in [1.29, 1.82) is 0 Å². The standard InChI is InChI=1S/C17H13F3N2O2/c18-12-5-4-8(6-11(12)16(21)23)22-17(24)10-7-9(10)15-13(19)2-1-3-14(15)20/h1-6,9-10H,7H2,(H2,21,23)(H,22,24)/t9-,10-/m1/s1. The number of hydrogen-bond donors (Lipinski definition) is 2. The number of benzene rings is 2. The van der Waals surface area contributed by atoms with E-state index in [1.54, 1.807) is 0 Å². The molecule has 0 heterocycles. The summed E-state index contributed by atoms with van der Waals surface area (Å²) < 4.78 is 40.9. The lowest BCUT2D eigenvalue weighted by molar-refractivity contribution is -0.117. The Morgan fingerprint density at radius 1 is 1.04 bits per heavy atom. The van der Waals surface area contributed by atoms with Gasteiger partial charge in [0.15, 0.2) is 0 Å². The monoisotopic (exact) mass is 334 g/mol. The highest BCUT2D eigenvalue weighted by Crippen LogP contribution is 2.49. The number of rotatable bonds is 4. The summed E-state index contributed by atoms with van der Waals surface area (Å²) in [6, 6.07) is 6.96. The number of primary amides is 1. The normalized spacial score (nSPS) is 19.0. The molecule has 2 atom stereocenters. The van der Waals surface area contributed by atoms with Crippen LogP contribution in [-0.4, -0.2) is 11.8 Å². The predicted octanol–water partition coefficient (Wildman–Crippen LogP) is 2.95. The molecule has 24 heavy (non-hydrogen) atoms. The molecule has 0 aliphatic heterocycles. The minimum absolute atomic E-state index is 0.102. The summed E-state index contributed by atoms with van der Waals surface area (Å²) in [5.74, 6) is -4.70. The van der Waals surface area contributed by atoms with Crippen molar-refractivity contribution >= 4 is 17.5 Å². The summed E-state index contributed by atoms with van der Waals surface area (Å²) in [6.45, 7) is 0. The molecule has 0 aromatic heterocycles. The number of nitrogens with two attached hydrogens (primary N) is 1. The van der Waals surface area contributed by atoms with Gasteiger partial charge in [-0.15, -0.1) is 0 Å². The quantitative estimate of drug-likeness (QED) is 0.902. The molecule has 0 radical (unpaired) electrons. The van der Waals surface area contributed by atoms with Crippen LogP contribution in [0, 0.1) is 23.4 Å². The fourth-order valence-electron chi connectivity index (χ4n) is 2.70. The highest BCUT2D eigenvalue weighted by molar-refractivity contribution is 5.98. The molecular formula is C17H13F3N2O2. The minimum atomic E-state index is -0.957. The molecule has 2 amide bonds. The maximum atomic E-state index is 13.7. The number of nitrogens with one attached hydrogen (secondary N) is 1. The SMILES string of the molecule is NC(=O)c1cc(NC(=O)[C@@H]2C[C@H]2c2c(F)cccc2F)ccc1F. The lowest BCUT2D eigenvalue weighted by Crippen LogP contribution is -2.17. The Bertz CT molecular complexity index is 818. The Kier molecular flexibility index (Phi) is 4.01. The molecule has 1 aliphatic rings. The largest absolute Gasteiger partial charge is 0.366 e. The third-order valence-corrected chi connectivity index (χ3v) is 4.00. The van der Waals surface area contributed by atoms with Crippen molar-refractivity contribution in [3.8, 4) is 0 Å².